The van der Waals surface area contributed by atoms with E-state index >= 15 is 0 Å². The Kier molecular flexibility index (Phi) is 5.31. The van der Waals surface area contributed by atoms with Crippen molar-refractivity contribution in [1.82, 2.24) is 14.8 Å². The minimum atomic E-state index is 0.432. The van der Waals surface area contributed by atoms with Crippen molar-refractivity contribution in [2.45, 2.75) is 18.9 Å². The monoisotopic (exact) mass is 262 g/mol. The van der Waals surface area contributed by atoms with Crippen LogP contribution in [0.25, 0.3) is 0 Å². The molecule has 0 spiro atoms. The summed E-state index contributed by atoms with van der Waals surface area (Å²) >= 11 is 0. The van der Waals surface area contributed by atoms with Crippen LogP contribution in [-0.4, -0.2) is 55.1 Å². The average molecular weight is 262 g/mol. The number of likely N-dealkylation sites (tertiary alicyclic amines) is 1. The van der Waals surface area contributed by atoms with Crippen molar-refractivity contribution in [3.05, 3.63) is 30.1 Å². The van der Waals surface area contributed by atoms with E-state index in [4.69, 9.17) is 5.73 Å². The topological polar surface area (TPSA) is 45.4 Å². The van der Waals surface area contributed by atoms with Crippen molar-refractivity contribution in [2.24, 2.45) is 11.7 Å². The van der Waals surface area contributed by atoms with Crippen molar-refractivity contribution in [3.63, 3.8) is 0 Å². The maximum Gasteiger partial charge on any atom is 0.0578 e. The first-order valence-corrected chi connectivity index (χ1v) is 7.22. The molecule has 1 aliphatic rings. The van der Waals surface area contributed by atoms with Crippen LogP contribution in [0.2, 0.25) is 0 Å². The molecule has 1 aromatic rings. The summed E-state index contributed by atoms with van der Waals surface area (Å²) in [4.78, 5) is 9.34. The van der Waals surface area contributed by atoms with E-state index in [0.717, 1.165) is 13.1 Å². The normalized spacial score (nSPS) is 19.8. The summed E-state index contributed by atoms with van der Waals surface area (Å²) in [5.41, 5.74) is 6.83. The van der Waals surface area contributed by atoms with Crippen molar-refractivity contribution >= 4 is 0 Å². The summed E-state index contributed by atoms with van der Waals surface area (Å²) in [6, 6.07) is 6.65. The molecule has 0 aliphatic carbocycles. The van der Waals surface area contributed by atoms with Crippen LogP contribution in [0.1, 0.15) is 24.6 Å². The largest absolute Gasteiger partial charge is 0.329 e. The molecule has 1 aromatic heterocycles. The Morgan fingerprint density at radius 2 is 2.11 bits per heavy atom. The summed E-state index contributed by atoms with van der Waals surface area (Å²) in [5.74, 6) is 0.693. The van der Waals surface area contributed by atoms with Gasteiger partial charge in [0, 0.05) is 19.3 Å². The Morgan fingerprint density at radius 1 is 1.37 bits per heavy atom. The highest BCUT2D eigenvalue weighted by molar-refractivity contribution is 5.10. The third kappa shape index (κ3) is 3.75. The lowest BCUT2D eigenvalue weighted by Gasteiger charge is -2.38. The zero-order valence-electron chi connectivity index (χ0n) is 12.1. The van der Waals surface area contributed by atoms with E-state index in [1.807, 2.05) is 12.3 Å². The molecule has 0 aromatic carbocycles. The van der Waals surface area contributed by atoms with E-state index in [2.05, 4.69) is 41.0 Å². The molecule has 106 valence electrons. The predicted molar refractivity (Wildman–Crippen MR) is 78.9 cm³/mol. The summed E-state index contributed by atoms with van der Waals surface area (Å²) in [6.07, 6.45) is 4.37. The van der Waals surface area contributed by atoms with Gasteiger partial charge in [-0.2, -0.15) is 0 Å². The van der Waals surface area contributed by atoms with E-state index in [1.54, 1.807) is 0 Å². The van der Waals surface area contributed by atoms with Gasteiger partial charge in [-0.15, -0.1) is 0 Å². The molecule has 2 N–H and O–H groups in total. The Labute approximate surface area is 116 Å². The quantitative estimate of drug-likeness (QED) is 0.870. The second-order valence-corrected chi connectivity index (χ2v) is 5.63. The van der Waals surface area contributed by atoms with Gasteiger partial charge in [-0.3, -0.25) is 4.98 Å². The van der Waals surface area contributed by atoms with Crippen LogP contribution >= 0.6 is 0 Å². The molecule has 1 unspecified atom stereocenters. The van der Waals surface area contributed by atoms with Gasteiger partial charge in [-0.25, -0.2) is 0 Å². The van der Waals surface area contributed by atoms with E-state index in [-0.39, 0.29) is 0 Å². The van der Waals surface area contributed by atoms with Gasteiger partial charge in [0.25, 0.3) is 0 Å². The molecular formula is C15H26N4. The Morgan fingerprint density at radius 3 is 2.63 bits per heavy atom. The summed E-state index contributed by atoms with van der Waals surface area (Å²) < 4.78 is 0. The van der Waals surface area contributed by atoms with Crippen LogP contribution in [0.3, 0.4) is 0 Å². The second kappa shape index (κ2) is 6.98. The highest BCUT2D eigenvalue weighted by Gasteiger charge is 2.29. The van der Waals surface area contributed by atoms with E-state index in [0.29, 0.717) is 12.0 Å². The molecule has 0 amide bonds. The first kappa shape index (κ1) is 14.4. The van der Waals surface area contributed by atoms with Crippen LogP contribution in [0, 0.1) is 5.92 Å². The lowest BCUT2D eigenvalue weighted by atomic mass is 9.86. The number of pyridine rings is 1. The summed E-state index contributed by atoms with van der Waals surface area (Å²) in [5, 5.41) is 0. The molecule has 1 atom stereocenters. The molecule has 2 rings (SSSR count). The van der Waals surface area contributed by atoms with Crippen molar-refractivity contribution in [2.75, 3.05) is 40.3 Å². The van der Waals surface area contributed by atoms with E-state index < -0.39 is 0 Å². The molecular weight excluding hydrogens is 236 g/mol. The first-order valence-electron chi connectivity index (χ1n) is 7.22. The molecule has 19 heavy (non-hydrogen) atoms. The van der Waals surface area contributed by atoms with E-state index in [9.17, 15) is 0 Å². The lowest BCUT2D eigenvalue weighted by Crippen LogP contribution is -2.40. The van der Waals surface area contributed by atoms with E-state index in [1.165, 1.54) is 31.6 Å². The van der Waals surface area contributed by atoms with Gasteiger partial charge >= 0.3 is 0 Å². The van der Waals surface area contributed by atoms with Gasteiger partial charge in [-0.1, -0.05) is 6.07 Å². The number of hydrogen-bond acceptors (Lipinski definition) is 4. The standard InChI is InChI=1S/C15H26N4/c1-18(2)15(14-5-3-4-9-17-14)13-6-10-19(11-7-13)12-8-16/h3-5,9,13,15H,6-8,10-12,16H2,1-2H3. The van der Waals surface area contributed by atoms with Gasteiger partial charge in [0.15, 0.2) is 0 Å². The molecule has 0 bridgehead atoms. The smallest absolute Gasteiger partial charge is 0.0578 e. The maximum atomic E-state index is 5.63. The number of nitrogens with two attached hydrogens (primary N) is 1. The molecule has 4 nitrogen and oxygen atoms in total. The van der Waals surface area contributed by atoms with Gasteiger partial charge in [0.1, 0.15) is 0 Å². The number of rotatable bonds is 5. The van der Waals surface area contributed by atoms with Crippen LogP contribution in [0.15, 0.2) is 24.4 Å². The molecule has 1 saturated heterocycles. The second-order valence-electron chi connectivity index (χ2n) is 5.63. The molecule has 0 radical (unpaired) electrons. The molecule has 2 heterocycles. The van der Waals surface area contributed by atoms with Gasteiger partial charge in [-0.05, 0) is 58.1 Å². The third-order valence-electron chi connectivity index (χ3n) is 4.07. The number of piperidine rings is 1. The Bertz CT molecular complexity index is 358. The fourth-order valence-corrected chi connectivity index (χ4v) is 3.15. The molecule has 1 fully saturated rings. The van der Waals surface area contributed by atoms with Crippen molar-refractivity contribution < 1.29 is 0 Å². The molecule has 4 heteroatoms. The Hall–Kier alpha value is -0.970. The minimum absolute atomic E-state index is 0.432. The first-order chi connectivity index (χ1) is 9.22. The zero-order chi connectivity index (χ0) is 13.7. The maximum absolute atomic E-state index is 5.63. The summed E-state index contributed by atoms with van der Waals surface area (Å²) in [7, 11) is 4.32. The lowest BCUT2D eigenvalue weighted by molar-refractivity contribution is 0.116. The SMILES string of the molecule is CN(C)C(c1ccccn1)C1CCN(CCN)CC1. The fraction of sp³-hybridized carbons (Fsp3) is 0.667. The number of hydrogen-bond donors (Lipinski definition) is 1. The van der Waals surface area contributed by atoms with Gasteiger partial charge in [0.2, 0.25) is 0 Å². The minimum Gasteiger partial charge on any atom is -0.329 e. The molecule has 1 aliphatic heterocycles. The van der Waals surface area contributed by atoms with Crippen LogP contribution in [0.5, 0.6) is 0 Å². The van der Waals surface area contributed by atoms with Gasteiger partial charge < -0.3 is 15.5 Å². The highest BCUT2D eigenvalue weighted by Crippen LogP contribution is 2.32. The molecule has 0 saturated carbocycles. The number of nitrogens with zero attached hydrogens (tertiary/aromatic N) is 3. The van der Waals surface area contributed by atoms with Crippen LogP contribution < -0.4 is 5.73 Å². The highest BCUT2D eigenvalue weighted by atomic mass is 15.2. The summed E-state index contributed by atoms with van der Waals surface area (Å²) in [6.45, 7) is 4.13. The van der Waals surface area contributed by atoms with Gasteiger partial charge in [0.05, 0.1) is 11.7 Å². The third-order valence-corrected chi connectivity index (χ3v) is 4.07. The number of aromatic nitrogens is 1. The van der Waals surface area contributed by atoms with Crippen LogP contribution in [0.4, 0.5) is 0 Å². The van der Waals surface area contributed by atoms with Crippen LogP contribution in [-0.2, 0) is 0 Å². The fourth-order valence-electron chi connectivity index (χ4n) is 3.15. The Balaban J connectivity index is 2.02. The average Bonchev–Trinajstić information content (AvgIpc) is 2.42. The predicted octanol–water partition coefficient (Wildman–Crippen LogP) is 1.35. The zero-order valence-corrected chi connectivity index (χ0v) is 12.1. The van der Waals surface area contributed by atoms with Crippen molar-refractivity contribution in [1.29, 1.82) is 0 Å². The van der Waals surface area contributed by atoms with Crippen molar-refractivity contribution in [3.8, 4) is 0 Å².